The van der Waals surface area contributed by atoms with Gasteiger partial charge < -0.3 is 10.1 Å². The van der Waals surface area contributed by atoms with Crippen molar-refractivity contribution in [2.75, 3.05) is 31.7 Å². The SMILES string of the molecule is C=CCO[C@H]1[C@H](NC(=O)CSC)c2ccccc2C12CCN(Cc1nc(C(C)C)cs1)CC2. The molecular formula is C26H35N3O2S2. The van der Waals surface area contributed by atoms with Crippen LogP contribution in [-0.4, -0.2) is 53.6 Å². The third-order valence-electron chi connectivity index (χ3n) is 6.93. The lowest BCUT2D eigenvalue weighted by Gasteiger charge is -2.44. The van der Waals surface area contributed by atoms with Crippen LogP contribution in [0, 0.1) is 0 Å². The van der Waals surface area contributed by atoms with Crippen LogP contribution >= 0.6 is 23.1 Å². The number of ether oxygens (including phenoxy) is 1. The molecule has 1 amide bonds. The number of thioether (sulfide) groups is 1. The zero-order valence-corrected chi connectivity index (χ0v) is 21.5. The predicted molar refractivity (Wildman–Crippen MR) is 138 cm³/mol. The van der Waals surface area contributed by atoms with Crippen LogP contribution in [-0.2, 0) is 21.5 Å². The average Bonchev–Trinajstić information content (AvgIpc) is 3.37. The van der Waals surface area contributed by atoms with Crippen molar-refractivity contribution in [1.29, 1.82) is 0 Å². The number of piperidine rings is 1. The maximum Gasteiger partial charge on any atom is 0.230 e. The summed E-state index contributed by atoms with van der Waals surface area (Å²) in [5, 5.41) is 6.68. The van der Waals surface area contributed by atoms with Crippen LogP contribution in [0.1, 0.15) is 60.5 Å². The second-order valence-electron chi connectivity index (χ2n) is 9.36. The van der Waals surface area contributed by atoms with E-state index in [2.05, 4.69) is 60.3 Å². The lowest BCUT2D eigenvalue weighted by molar-refractivity contribution is -0.121. The Morgan fingerprint density at radius 1 is 1.39 bits per heavy atom. The molecule has 1 fully saturated rings. The van der Waals surface area contributed by atoms with Crippen LogP contribution in [0.2, 0.25) is 0 Å². The second kappa shape index (κ2) is 10.7. The Morgan fingerprint density at radius 3 is 2.82 bits per heavy atom. The number of amides is 1. The zero-order chi connectivity index (χ0) is 23.4. The van der Waals surface area contributed by atoms with E-state index in [4.69, 9.17) is 9.72 Å². The highest BCUT2D eigenvalue weighted by atomic mass is 32.2. The largest absolute Gasteiger partial charge is 0.371 e. The van der Waals surface area contributed by atoms with Crippen LogP contribution in [0.25, 0.3) is 0 Å². The van der Waals surface area contributed by atoms with E-state index in [0.29, 0.717) is 18.3 Å². The fraction of sp³-hybridized carbons (Fsp3) is 0.538. The molecule has 1 aliphatic heterocycles. The molecule has 2 aromatic rings. The molecule has 0 saturated carbocycles. The molecule has 178 valence electrons. The molecule has 1 saturated heterocycles. The molecular weight excluding hydrogens is 450 g/mol. The Kier molecular flexibility index (Phi) is 7.95. The van der Waals surface area contributed by atoms with Crippen molar-refractivity contribution < 1.29 is 9.53 Å². The maximum absolute atomic E-state index is 12.6. The Bertz CT molecular complexity index is 966. The molecule has 4 rings (SSSR count). The molecule has 7 heteroatoms. The lowest BCUT2D eigenvalue weighted by Crippen LogP contribution is -2.50. The van der Waals surface area contributed by atoms with E-state index in [1.807, 2.05) is 6.26 Å². The molecule has 1 aromatic carbocycles. The van der Waals surface area contributed by atoms with E-state index < -0.39 is 0 Å². The number of likely N-dealkylation sites (tertiary alicyclic amines) is 1. The highest BCUT2D eigenvalue weighted by Crippen LogP contribution is 2.52. The summed E-state index contributed by atoms with van der Waals surface area (Å²) in [7, 11) is 0. The smallest absolute Gasteiger partial charge is 0.230 e. The van der Waals surface area contributed by atoms with Gasteiger partial charge in [0.05, 0.1) is 36.7 Å². The Labute approximate surface area is 206 Å². The summed E-state index contributed by atoms with van der Waals surface area (Å²) in [6, 6.07) is 8.46. The van der Waals surface area contributed by atoms with Gasteiger partial charge in [0.1, 0.15) is 5.01 Å². The van der Waals surface area contributed by atoms with Crippen molar-refractivity contribution in [3.8, 4) is 0 Å². The van der Waals surface area contributed by atoms with Gasteiger partial charge in [-0.25, -0.2) is 4.98 Å². The summed E-state index contributed by atoms with van der Waals surface area (Å²) in [5.41, 5.74) is 3.63. The van der Waals surface area contributed by atoms with E-state index in [9.17, 15) is 4.79 Å². The third kappa shape index (κ3) is 5.06. The summed E-state index contributed by atoms with van der Waals surface area (Å²) in [6.07, 6.45) is 5.68. The summed E-state index contributed by atoms with van der Waals surface area (Å²) >= 11 is 3.31. The van der Waals surface area contributed by atoms with Gasteiger partial charge in [0.25, 0.3) is 0 Å². The quantitative estimate of drug-likeness (QED) is 0.512. The van der Waals surface area contributed by atoms with Crippen LogP contribution in [0.15, 0.2) is 42.3 Å². The fourth-order valence-electron chi connectivity index (χ4n) is 5.30. The number of fused-ring (bicyclic) bond motifs is 2. The standard InChI is InChI=1S/C26H35N3O2S2/c1-5-14-31-25-24(28-22(30)17-32-4)19-8-6-7-9-20(19)26(25)10-12-29(13-11-26)15-23-27-21(16-33-23)18(2)3/h5-9,16,18,24-25H,1,10-15,17H2,2-4H3,(H,28,30)/t24-,25+/m1/s1. The van der Waals surface area contributed by atoms with E-state index >= 15 is 0 Å². The normalized spacial score (nSPS) is 21.9. The highest BCUT2D eigenvalue weighted by Gasteiger charge is 2.54. The maximum atomic E-state index is 12.6. The van der Waals surface area contributed by atoms with Gasteiger partial charge in [-0.3, -0.25) is 9.69 Å². The van der Waals surface area contributed by atoms with Crippen molar-refractivity contribution >= 4 is 29.0 Å². The Balaban J connectivity index is 1.55. The van der Waals surface area contributed by atoms with Gasteiger partial charge in [-0.1, -0.05) is 44.2 Å². The number of carbonyl (C=O) groups is 1. The summed E-state index contributed by atoms with van der Waals surface area (Å²) < 4.78 is 6.43. The molecule has 0 unspecified atom stereocenters. The number of aromatic nitrogens is 1. The number of benzene rings is 1. The second-order valence-corrected chi connectivity index (χ2v) is 11.2. The summed E-state index contributed by atoms with van der Waals surface area (Å²) in [5.74, 6) is 0.990. The monoisotopic (exact) mass is 485 g/mol. The van der Waals surface area contributed by atoms with Crippen LogP contribution in [0.4, 0.5) is 0 Å². The molecule has 1 N–H and O–H groups in total. The van der Waals surface area contributed by atoms with E-state index in [1.165, 1.54) is 21.8 Å². The lowest BCUT2D eigenvalue weighted by atomic mass is 9.72. The van der Waals surface area contributed by atoms with Gasteiger partial charge in [0.15, 0.2) is 0 Å². The van der Waals surface area contributed by atoms with Crippen molar-refractivity contribution in [3.05, 3.63) is 64.1 Å². The van der Waals surface area contributed by atoms with Crippen LogP contribution in [0.5, 0.6) is 0 Å². The van der Waals surface area contributed by atoms with Crippen molar-refractivity contribution in [2.24, 2.45) is 0 Å². The Morgan fingerprint density at radius 2 is 2.15 bits per heavy atom. The number of nitrogens with zero attached hydrogens (tertiary/aromatic N) is 2. The first-order chi connectivity index (χ1) is 16.0. The van der Waals surface area contributed by atoms with Crippen molar-refractivity contribution in [2.45, 2.75) is 56.7 Å². The number of rotatable bonds is 9. The first-order valence-corrected chi connectivity index (χ1v) is 14.0. The molecule has 33 heavy (non-hydrogen) atoms. The summed E-state index contributed by atoms with van der Waals surface area (Å²) in [6.45, 7) is 11.6. The number of thiazole rings is 1. The fourth-order valence-corrected chi connectivity index (χ4v) is 6.64. The number of hydrogen-bond donors (Lipinski definition) is 1. The zero-order valence-electron chi connectivity index (χ0n) is 19.9. The molecule has 2 aliphatic rings. The minimum atomic E-state index is -0.125. The van der Waals surface area contributed by atoms with Gasteiger partial charge >= 0.3 is 0 Å². The minimum absolute atomic E-state index is 0.0636. The Hall–Kier alpha value is -1.67. The van der Waals surface area contributed by atoms with E-state index in [-0.39, 0.29) is 23.5 Å². The van der Waals surface area contributed by atoms with Gasteiger partial charge in [-0.15, -0.1) is 17.9 Å². The van der Waals surface area contributed by atoms with E-state index in [1.54, 1.807) is 29.2 Å². The molecule has 0 radical (unpaired) electrons. The topological polar surface area (TPSA) is 54.5 Å². The van der Waals surface area contributed by atoms with Gasteiger partial charge in [-0.2, -0.15) is 11.8 Å². The first-order valence-electron chi connectivity index (χ1n) is 11.8. The third-order valence-corrected chi connectivity index (χ3v) is 8.34. The molecule has 1 spiro atoms. The number of nitrogens with one attached hydrogen (secondary N) is 1. The van der Waals surface area contributed by atoms with Crippen molar-refractivity contribution in [3.63, 3.8) is 0 Å². The van der Waals surface area contributed by atoms with Crippen LogP contribution in [0.3, 0.4) is 0 Å². The van der Waals surface area contributed by atoms with Gasteiger partial charge in [0.2, 0.25) is 5.91 Å². The predicted octanol–water partition coefficient (Wildman–Crippen LogP) is 4.91. The molecule has 1 aromatic heterocycles. The molecule has 2 heterocycles. The van der Waals surface area contributed by atoms with Crippen LogP contribution < -0.4 is 5.32 Å². The number of hydrogen-bond acceptors (Lipinski definition) is 6. The molecule has 2 atom stereocenters. The van der Waals surface area contributed by atoms with E-state index in [0.717, 1.165) is 32.5 Å². The molecule has 0 bridgehead atoms. The van der Waals surface area contributed by atoms with Gasteiger partial charge in [0, 0.05) is 10.8 Å². The average molecular weight is 486 g/mol. The highest BCUT2D eigenvalue weighted by molar-refractivity contribution is 7.99. The first kappa shape index (κ1) is 24.5. The van der Waals surface area contributed by atoms with Crippen molar-refractivity contribution in [1.82, 2.24) is 15.2 Å². The summed E-state index contributed by atoms with van der Waals surface area (Å²) in [4.78, 5) is 19.9. The number of carbonyl (C=O) groups excluding carboxylic acids is 1. The minimum Gasteiger partial charge on any atom is -0.371 e. The molecule has 5 nitrogen and oxygen atoms in total. The molecule has 1 aliphatic carbocycles. The van der Waals surface area contributed by atoms with Gasteiger partial charge in [-0.05, 0) is 49.2 Å².